The molecule has 102 valence electrons. The Morgan fingerprint density at radius 2 is 2.00 bits per heavy atom. The highest BCUT2D eigenvalue weighted by atomic mass is 32.2. The molecule has 0 atom stereocenters. The van der Waals surface area contributed by atoms with Gasteiger partial charge in [0, 0.05) is 12.6 Å². The number of unbranched alkanes of at least 4 members (excludes halogenated alkanes) is 3. The Hall–Kier alpha value is -1.03. The van der Waals surface area contributed by atoms with Gasteiger partial charge in [-0.15, -0.1) is 0 Å². The fraction of sp³-hybridized carbons (Fsp3) is 0.571. The van der Waals surface area contributed by atoms with Gasteiger partial charge in [-0.3, -0.25) is 0 Å². The number of benzene rings is 1. The lowest BCUT2D eigenvalue weighted by Crippen LogP contribution is -2.04. The van der Waals surface area contributed by atoms with Crippen molar-refractivity contribution in [3.05, 3.63) is 18.2 Å². The van der Waals surface area contributed by atoms with E-state index < -0.39 is 0 Å². The molecule has 0 saturated heterocycles. The Kier molecular flexibility index (Phi) is 7.49. The molecule has 0 radical (unpaired) electrons. The first-order chi connectivity index (χ1) is 8.77. The van der Waals surface area contributed by atoms with Crippen LogP contribution in [0.4, 0.5) is 11.4 Å². The molecule has 0 saturated carbocycles. The lowest BCUT2D eigenvalue weighted by atomic mass is 10.2. The summed E-state index contributed by atoms with van der Waals surface area (Å²) in [6, 6.07) is 5.70. The van der Waals surface area contributed by atoms with E-state index in [1.807, 2.05) is 30.0 Å². The maximum absolute atomic E-state index is 5.90. The van der Waals surface area contributed by atoms with Gasteiger partial charge in [-0.05, 0) is 37.0 Å². The van der Waals surface area contributed by atoms with Gasteiger partial charge in [-0.2, -0.15) is 11.8 Å². The van der Waals surface area contributed by atoms with E-state index in [2.05, 4.69) is 11.6 Å². The molecule has 0 aliphatic carbocycles. The van der Waals surface area contributed by atoms with E-state index in [1.165, 1.54) is 31.4 Å². The lowest BCUT2D eigenvalue weighted by Gasteiger charge is -2.10. The van der Waals surface area contributed by atoms with E-state index >= 15 is 0 Å². The predicted molar refractivity (Wildman–Crippen MR) is 82.7 cm³/mol. The average Bonchev–Trinajstić information content (AvgIpc) is 2.39. The van der Waals surface area contributed by atoms with Gasteiger partial charge in [0.15, 0.2) is 0 Å². The van der Waals surface area contributed by atoms with Crippen molar-refractivity contribution in [1.29, 1.82) is 0 Å². The van der Waals surface area contributed by atoms with Crippen molar-refractivity contribution < 1.29 is 4.74 Å². The Labute approximate surface area is 114 Å². The van der Waals surface area contributed by atoms with Crippen molar-refractivity contribution in [2.45, 2.75) is 25.7 Å². The highest BCUT2D eigenvalue weighted by molar-refractivity contribution is 7.98. The Morgan fingerprint density at radius 3 is 2.72 bits per heavy atom. The Morgan fingerprint density at radius 1 is 1.22 bits per heavy atom. The number of ether oxygens (including phenoxy) is 1. The van der Waals surface area contributed by atoms with Crippen LogP contribution in [0.5, 0.6) is 5.75 Å². The minimum absolute atomic E-state index is 0.776. The van der Waals surface area contributed by atoms with Crippen molar-refractivity contribution in [3.8, 4) is 5.75 Å². The summed E-state index contributed by atoms with van der Waals surface area (Å²) < 4.78 is 5.18. The number of rotatable bonds is 9. The first kappa shape index (κ1) is 15.0. The van der Waals surface area contributed by atoms with Crippen molar-refractivity contribution >= 4 is 23.1 Å². The smallest absolute Gasteiger partial charge is 0.121 e. The Balaban J connectivity index is 2.22. The van der Waals surface area contributed by atoms with Crippen molar-refractivity contribution in [1.82, 2.24) is 0 Å². The fourth-order valence-electron chi connectivity index (χ4n) is 1.76. The SMILES string of the molecule is COc1ccc(N)c(NCCCCCCSC)c1. The van der Waals surface area contributed by atoms with Crippen LogP contribution in [-0.4, -0.2) is 25.7 Å². The number of nitrogens with two attached hydrogens (primary N) is 1. The summed E-state index contributed by atoms with van der Waals surface area (Å²) in [6.07, 6.45) is 7.26. The summed E-state index contributed by atoms with van der Waals surface area (Å²) in [5.41, 5.74) is 7.65. The largest absolute Gasteiger partial charge is 0.497 e. The topological polar surface area (TPSA) is 47.3 Å². The van der Waals surface area contributed by atoms with Gasteiger partial charge < -0.3 is 15.8 Å². The van der Waals surface area contributed by atoms with Crippen LogP contribution in [0.25, 0.3) is 0 Å². The van der Waals surface area contributed by atoms with Gasteiger partial charge in [0.25, 0.3) is 0 Å². The number of anilines is 2. The molecule has 0 bridgehead atoms. The third kappa shape index (κ3) is 5.54. The number of nitrogens with one attached hydrogen (secondary N) is 1. The van der Waals surface area contributed by atoms with Crippen LogP contribution in [0, 0.1) is 0 Å². The second kappa shape index (κ2) is 8.97. The number of hydrogen-bond acceptors (Lipinski definition) is 4. The highest BCUT2D eigenvalue weighted by Crippen LogP contribution is 2.24. The average molecular weight is 268 g/mol. The van der Waals surface area contributed by atoms with E-state index in [0.29, 0.717) is 0 Å². The van der Waals surface area contributed by atoms with Gasteiger partial charge in [0.05, 0.1) is 18.5 Å². The third-order valence-corrected chi connectivity index (χ3v) is 3.55. The molecule has 3 N–H and O–H groups in total. The molecule has 0 aromatic heterocycles. The monoisotopic (exact) mass is 268 g/mol. The van der Waals surface area contributed by atoms with Crippen molar-refractivity contribution in [2.75, 3.05) is 36.7 Å². The van der Waals surface area contributed by atoms with Crippen LogP contribution >= 0.6 is 11.8 Å². The van der Waals surface area contributed by atoms with Crippen LogP contribution < -0.4 is 15.8 Å². The van der Waals surface area contributed by atoms with Crippen LogP contribution in [0.15, 0.2) is 18.2 Å². The standard InChI is InChI=1S/C14H24N2OS/c1-17-12-7-8-13(15)14(11-12)16-9-5-3-4-6-10-18-2/h7-8,11,16H,3-6,9-10,15H2,1-2H3. The minimum Gasteiger partial charge on any atom is -0.497 e. The molecule has 0 amide bonds. The van der Waals surface area contributed by atoms with Crippen molar-refractivity contribution in [2.24, 2.45) is 0 Å². The predicted octanol–water partition coefficient (Wildman–Crippen LogP) is 3.61. The molecule has 0 unspecified atom stereocenters. The summed E-state index contributed by atoms with van der Waals surface area (Å²) in [6.45, 7) is 0.969. The first-order valence-corrected chi connectivity index (χ1v) is 7.83. The molecule has 1 aromatic carbocycles. The lowest BCUT2D eigenvalue weighted by molar-refractivity contribution is 0.415. The second-order valence-corrected chi connectivity index (χ2v) is 5.27. The molecule has 0 fully saturated rings. The molecular weight excluding hydrogens is 244 g/mol. The normalized spacial score (nSPS) is 10.3. The van der Waals surface area contributed by atoms with Crippen LogP contribution in [0.2, 0.25) is 0 Å². The zero-order valence-corrected chi connectivity index (χ0v) is 12.2. The van der Waals surface area contributed by atoms with E-state index in [4.69, 9.17) is 10.5 Å². The van der Waals surface area contributed by atoms with E-state index in [-0.39, 0.29) is 0 Å². The van der Waals surface area contributed by atoms with Crippen LogP contribution in [-0.2, 0) is 0 Å². The maximum atomic E-state index is 5.90. The highest BCUT2D eigenvalue weighted by Gasteiger charge is 2.00. The zero-order valence-electron chi connectivity index (χ0n) is 11.4. The minimum atomic E-state index is 0.776. The van der Waals surface area contributed by atoms with Crippen LogP contribution in [0.1, 0.15) is 25.7 Å². The first-order valence-electron chi connectivity index (χ1n) is 6.44. The molecule has 0 aliphatic heterocycles. The summed E-state index contributed by atoms with van der Waals surface area (Å²) in [5, 5.41) is 3.37. The summed E-state index contributed by atoms with van der Waals surface area (Å²) in [7, 11) is 1.67. The molecular formula is C14H24N2OS. The third-order valence-electron chi connectivity index (χ3n) is 2.85. The molecule has 0 heterocycles. The molecule has 1 aromatic rings. The number of thioether (sulfide) groups is 1. The maximum Gasteiger partial charge on any atom is 0.121 e. The molecule has 4 heteroatoms. The number of hydrogen-bond donors (Lipinski definition) is 2. The van der Waals surface area contributed by atoms with Gasteiger partial charge >= 0.3 is 0 Å². The Bertz CT molecular complexity index is 345. The van der Waals surface area contributed by atoms with Gasteiger partial charge in [0.1, 0.15) is 5.75 Å². The molecule has 18 heavy (non-hydrogen) atoms. The van der Waals surface area contributed by atoms with Crippen LogP contribution in [0.3, 0.4) is 0 Å². The van der Waals surface area contributed by atoms with Gasteiger partial charge in [-0.1, -0.05) is 12.8 Å². The van der Waals surface area contributed by atoms with Gasteiger partial charge in [-0.25, -0.2) is 0 Å². The summed E-state index contributed by atoms with van der Waals surface area (Å²) in [4.78, 5) is 0. The zero-order chi connectivity index (χ0) is 13.2. The molecule has 0 spiro atoms. The molecule has 3 nitrogen and oxygen atoms in total. The van der Waals surface area contributed by atoms with E-state index in [1.54, 1.807) is 7.11 Å². The summed E-state index contributed by atoms with van der Waals surface area (Å²) >= 11 is 1.92. The number of nitrogen functional groups attached to an aromatic ring is 1. The quantitative estimate of drug-likeness (QED) is 0.530. The molecule has 1 rings (SSSR count). The van der Waals surface area contributed by atoms with E-state index in [0.717, 1.165) is 23.7 Å². The number of methoxy groups -OCH3 is 1. The fourth-order valence-corrected chi connectivity index (χ4v) is 2.26. The van der Waals surface area contributed by atoms with Gasteiger partial charge in [0.2, 0.25) is 0 Å². The summed E-state index contributed by atoms with van der Waals surface area (Å²) in [5.74, 6) is 2.11. The van der Waals surface area contributed by atoms with E-state index in [9.17, 15) is 0 Å². The van der Waals surface area contributed by atoms with Crippen molar-refractivity contribution in [3.63, 3.8) is 0 Å². The molecule has 0 aliphatic rings. The second-order valence-electron chi connectivity index (χ2n) is 4.29.